The van der Waals surface area contributed by atoms with Gasteiger partial charge in [-0.1, -0.05) is 36.7 Å². The lowest BCUT2D eigenvalue weighted by molar-refractivity contribution is -0.118. The molecule has 0 atom stereocenters. The molecule has 0 spiro atoms. The van der Waals surface area contributed by atoms with Crippen LogP contribution in [0.5, 0.6) is 0 Å². The molecule has 7 heteroatoms. The van der Waals surface area contributed by atoms with Crippen molar-refractivity contribution in [1.29, 1.82) is 0 Å². The first kappa shape index (κ1) is 19.4. The van der Waals surface area contributed by atoms with Gasteiger partial charge in [-0.15, -0.1) is 0 Å². The van der Waals surface area contributed by atoms with Crippen LogP contribution in [0.4, 0.5) is 5.69 Å². The SMILES string of the molecule is CCCN(CC(=O)N(C)c1ccccc1)S(=O)(=O)c1ccc(Cl)cc1. The Morgan fingerprint density at radius 2 is 1.64 bits per heavy atom. The highest BCUT2D eigenvalue weighted by Crippen LogP contribution is 2.19. The Labute approximate surface area is 153 Å². The lowest BCUT2D eigenvalue weighted by atomic mass is 10.3. The van der Waals surface area contributed by atoms with Crippen LogP contribution < -0.4 is 4.90 Å². The highest BCUT2D eigenvalue weighted by molar-refractivity contribution is 7.89. The second kappa shape index (κ2) is 8.47. The maximum Gasteiger partial charge on any atom is 0.243 e. The van der Waals surface area contributed by atoms with Gasteiger partial charge in [0.25, 0.3) is 0 Å². The van der Waals surface area contributed by atoms with E-state index in [1.54, 1.807) is 19.2 Å². The normalized spacial score (nSPS) is 11.5. The number of rotatable bonds is 7. The highest BCUT2D eigenvalue weighted by Gasteiger charge is 2.27. The van der Waals surface area contributed by atoms with Gasteiger partial charge in [0, 0.05) is 24.3 Å². The average Bonchev–Trinajstić information content (AvgIpc) is 2.61. The fraction of sp³-hybridized carbons (Fsp3) is 0.278. The van der Waals surface area contributed by atoms with Crippen molar-refractivity contribution in [1.82, 2.24) is 4.31 Å². The van der Waals surface area contributed by atoms with Gasteiger partial charge in [0.05, 0.1) is 11.4 Å². The monoisotopic (exact) mass is 380 g/mol. The summed E-state index contributed by atoms with van der Waals surface area (Å²) >= 11 is 5.83. The second-order valence-corrected chi connectivity index (χ2v) is 7.96. The Bertz CT molecular complexity index is 808. The summed E-state index contributed by atoms with van der Waals surface area (Å²) in [5.41, 5.74) is 0.716. The minimum absolute atomic E-state index is 0.125. The summed E-state index contributed by atoms with van der Waals surface area (Å²) in [4.78, 5) is 14.1. The van der Waals surface area contributed by atoms with E-state index < -0.39 is 10.0 Å². The van der Waals surface area contributed by atoms with Crippen LogP contribution in [0.1, 0.15) is 13.3 Å². The topological polar surface area (TPSA) is 57.7 Å². The molecule has 134 valence electrons. The van der Waals surface area contributed by atoms with Crippen molar-refractivity contribution < 1.29 is 13.2 Å². The van der Waals surface area contributed by atoms with Gasteiger partial charge in [-0.3, -0.25) is 4.79 Å². The number of carbonyl (C=O) groups excluding carboxylic acids is 1. The van der Waals surface area contributed by atoms with Gasteiger partial charge in [-0.05, 0) is 42.8 Å². The molecule has 0 radical (unpaired) electrons. The highest BCUT2D eigenvalue weighted by atomic mass is 35.5. The van der Waals surface area contributed by atoms with Gasteiger partial charge in [-0.25, -0.2) is 8.42 Å². The Balaban J connectivity index is 2.22. The molecule has 0 N–H and O–H groups in total. The second-order valence-electron chi connectivity index (χ2n) is 5.58. The van der Waals surface area contributed by atoms with Crippen LogP contribution in [0.3, 0.4) is 0 Å². The molecule has 0 aliphatic carbocycles. The van der Waals surface area contributed by atoms with Crippen molar-refractivity contribution in [3.63, 3.8) is 0 Å². The fourth-order valence-electron chi connectivity index (χ4n) is 2.34. The summed E-state index contributed by atoms with van der Waals surface area (Å²) in [7, 11) is -2.13. The van der Waals surface area contributed by atoms with Crippen molar-refractivity contribution in [2.45, 2.75) is 18.2 Å². The van der Waals surface area contributed by atoms with E-state index in [-0.39, 0.29) is 23.9 Å². The molecule has 2 aromatic carbocycles. The smallest absolute Gasteiger partial charge is 0.243 e. The quantitative estimate of drug-likeness (QED) is 0.739. The standard InChI is InChI=1S/C18H21ClN2O3S/c1-3-13-21(25(23,24)17-11-9-15(19)10-12-17)14-18(22)20(2)16-7-5-4-6-8-16/h4-12H,3,13-14H2,1-2H3. The van der Waals surface area contributed by atoms with Gasteiger partial charge < -0.3 is 4.90 Å². The first-order chi connectivity index (χ1) is 11.9. The van der Waals surface area contributed by atoms with Gasteiger partial charge >= 0.3 is 0 Å². The van der Waals surface area contributed by atoms with Gasteiger partial charge in [0.1, 0.15) is 0 Å². The van der Waals surface area contributed by atoms with Crippen LogP contribution >= 0.6 is 11.6 Å². The fourth-order valence-corrected chi connectivity index (χ4v) is 3.95. The predicted molar refractivity (Wildman–Crippen MR) is 100 cm³/mol. The third kappa shape index (κ3) is 4.81. The number of benzene rings is 2. The summed E-state index contributed by atoms with van der Waals surface area (Å²) < 4.78 is 26.9. The molecule has 0 aliphatic rings. The molecule has 2 rings (SSSR count). The third-order valence-electron chi connectivity index (χ3n) is 3.75. The maximum atomic E-state index is 12.8. The van der Waals surface area contributed by atoms with Crippen LogP contribution in [0.15, 0.2) is 59.5 Å². The number of anilines is 1. The minimum atomic E-state index is -3.76. The molecule has 1 amide bonds. The van der Waals surface area contributed by atoms with Gasteiger partial charge in [0.2, 0.25) is 15.9 Å². The molecule has 0 saturated carbocycles. The van der Waals surface area contributed by atoms with Crippen LogP contribution in [-0.4, -0.2) is 38.8 Å². The number of halogens is 1. The Morgan fingerprint density at radius 1 is 1.04 bits per heavy atom. The number of likely N-dealkylation sites (N-methyl/N-ethyl adjacent to an activating group) is 1. The number of amides is 1. The molecular weight excluding hydrogens is 360 g/mol. The molecule has 0 bridgehead atoms. The zero-order chi connectivity index (χ0) is 18.4. The summed E-state index contributed by atoms with van der Waals surface area (Å²) in [6.07, 6.45) is 0.606. The third-order valence-corrected chi connectivity index (χ3v) is 5.86. The Kier molecular flexibility index (Phi) is 6.58. The van der Waals surface area contributed by atoms with E-state index in [1.165, 1.54) is 33.5 Å². The molecule has 0 unspecified atom stereocenters. The summed E-state index contributed by atoms with van der Waals surface area (Å²) in [6.45, 7) is 1.92. The van der Waals surface area contributed by atoms with Crippen molar-refractivity contribution in [2.24, 2.45) is 0 Å². The summed E-state index contributed by atoms with van der Waals surface area (Å²) in [6, 6.07) is 15.1. The molecule has 0 heterocycles. The van der Waals surface area contributed by atoms with Crippen LogP contribution in [0, 0.1) is 0 Å². The lowest BCUT2D eigenvalue weighted by Gasteiger charge is -2.24. The van der Waals surface area contributed by atoms with E-state index in [2.05, 4.69) is 0 Å². The van der Waals surface area contributed by atoms with Gasteiger partial charge in [0.15, 0.2) is 0 Å². The number of carbonyl (C=O) groups is 1. The van der Waals surface area contributed by atoms with E-state index in [4.69, 9.17) is 11.6 Å². The summed E-state index contributed by atoms with van der Waals surface area (Å²) in [5, 5.41) is 0.459. The van der Waals surface area contributed by atoms with E-state index in [1.807, 2.05) is 25.1 Å². The zero-order valence-corrected chi connectivity index (χ0v) is 15.8. The number of nitrogens with zero attached hydrogens (tertiary/aromatic N) is 2. The van der Waals surface area contributed by atoms with E-state index in [9.17, 15) is 13.2 Å². The predicted octanol–water partition coefficient (Wildman–Crippen LogP) is 3.40. The largest absolute Gasteiger partial charge is 0.314 e. The first-order valence-corrected chi connectivity index (χ1v) is 9.75. The van der Waals surface area contributed by atoms with Crippen LogP contribution in [-0.2, 0) is 14.8 Å². The number of hydrogen-bond acceptors (Lipinski definition) is 3. The molecule has 2 aromatic rings. The minimum Gasteiger partial charge on any atom is -0.314 e. The van der Waals surface area contributed by atoms with E-state index in [0.29, 0.717) is 17.1 Å². The molecule has 0 aromatic heterocycles. The molecule has 0 fully saturated rings. The van der Waals surface area contributed by atoms with Crippen molar-refractivity contribution >= 4 is 33.2 Å². The van der Waals surface area contributed by atoms with Crippen molar-refractivity contribution in [3.8, 4) is 0 Å². The molecular formula is C18H21ClN2O3S. The first-order valence-electron chi connectivity index (χ1n) is 7.93. The van der Waals surface area contributed by atoms with Crippen LogP contribution in [0.25, 0.3) is 0 Å². The number of hydrogen-bond donors (Lipinski definition) is 0. The zero-order valence-electron chi connectivity index (χ0n) is 14.2. The molecule has 25 heavy (non-hydrogen) atoms. The van der Waals surface area contributed by atoms with Crippen molar-refractivity contribution in [3.05, 3.63) is 59.6 Å². The maximum absolute atomic E-state index is 12.8. The molecule has 5 nitrogen and oxygen atoms in total. The summed E-state index contributed by atoms with van der Waals surface area (Å²) in [5.74, 6) is -0.294. The van der Waals surface area contributed by atoms with E-state index in [0.717, 1.165) is 0 Å². The van der Waals surface area contributed by atoms with Crippen molar-refractivity contribution in [2.75, 3.05) is 25.0 Å². The van der Waals surface area contributed by atoms with E-state index >= 15 is 0 Å². The number of para-hydroxylation sites is 1. The van der Waals surface area contributed by atoms with Gasteiger partial charge in [-0.2, -0.15) is 4.31 Å². The van der Waals surface area contributed by atoms with Crippen LogP contribution in [0.2, 0.25) is 5.02 Å². The molecule has 0 aliphatic heterocycles. The average molecular weight is 381 g/mol. The number of sulfonamides is 1. The Hall–Kier alpha value is -1.89. The Morgan fingerprint density at radius 3 is 2.20 bits per heavy atom. The lowest BCUT2D eigenvalue weighted by Crippen LogP contribution is -2.41. The molecule has 0 saturated heterocycles.